The Labute approximate surface area is 80.9 Å². The predicted molar refractivity (Wildman–Crippen MR) is 54.6 cm³/mol. The Morgan fingerprint density at radius 3 is 3.31 bits per heavy atom. The van der Waals surface area contributed by atoms with Gasteiger partial charge in [-0.3, -0.25) is 4.79 Å². The first-order chi connectivity index (χ1) is 6.31. The quantitative estimate of drug-likeness (QED) is 0.659. The van der Waals surface area contributed by atoms with Gasteiger partial charge in [-0.2, -0.15) is 0 Å². The lowest BCUT2D eigenvalue weighted by Gasteiger charge is -2.14. The lowest BCUT2D eigenvalue weighted by molar-refractivity contribution is -0.114. The molecule has 0 saturated heterocycles. The summed E-state index contributed by atoms with van der Waals surface area (Å²) < 4.78 is 4.10. The van der Waals surface area contributed by atoms with Crippen LogP contribution in [0.4, 0.5) is 0 Å². The summed E-state index contributed by atoms with van der Waals surface area (Å²) in [7, 11) is 0. The van der Waals surface area contributed by atoms with E-state index in [1.165, 1.54) is 0 Å². The van der Waals surface area contributed by atoms with Crippen molar-refractivity contribution < 1.29 is 4.79 Å². The molecule has 0 fully saturated rings. The van der Waals surface area contributed by atoms with Crippen LogP contribution in [0.2, 0.25) is 0 Å². The van der Waals surface area contributed by atoms with Gasteiger partial charge in [-0.1, -0.05) is 18.2 Å². The summed E-state index contributed by atoms with van der Waals surface area (Å²) in [6.07, 6.45) is 7.69. The van der Waals surface area contributed by atoms with E-state index in [1.807, 2.05) is 24.4 Å². The van der Waals surface area contributed by atoms with Crippen molar-refractivity contribution in [1.82, 2.24) is 0 Å². The summed E-state index contributed by atoms with van der Waals surface area (Å²) >= 11 is 1.54. The van der Waals surface area contributed by atoms with Crippen LogP contribution in [0.25, 0.3) is 0 Å². The minimum atomic E-state index is 0.000000000000000444. The third kappa shape index (κ3) is 1.59. The largest absolute Gasteiger partial charge is 0.324 e. The molecule has 0 bridgehead atoms. The van der Waals surface area contributed by atoms with E-state index in [1.54, 1.807) is 11.9 Å². The molecule has 0 amide bonds. The molecule has 4 heteroatoms. The molecule has 0 aromatic carbocycles. The van der Waals surface area contributed by atoms with Gasteiger partial charge in [-0.25, -0.2) is 4.40 Å². The van der Waals surface area contributed by atoms with Crippen LogP contribution < -0.4 is 5.73 Å². The van der Waals surface area contributed by atoms with Crippen LogP contribution in [0.5, 0.6) is 0 Å². The minimum absolute atomic E-state index is 0.000000000000000444. The highest BCUT2D eigenvalue weighted by molar-refractivity contribution is 7.99. The third-order valence-electron chi connectivity index (χ3n) is 2.14. The average Bonchev–Trinajstić information content (AvgIpc) is 2.63. The molecule has 3 nitrogen and oxygen atoms in total. The van der Waals surface area contributed by atoms with Crippen LogP contribution in [0.1, 0.15) is 0 Å². The van der Waals surface area contributed by atoms with E-state index >= 15 is 0 Å². The van der Waals surface area contributed by atoms with Gasteiger partial charge in [0.25, 0.3) is 0 Å². The molecule has 2 atom stereocenters. The lowest BCUT2D eigenvalue weighted by atomic mass is 9.95. The second kappa shape index (κ2) is 3.47. The number of carbonyl (C=O) groups is 1. The van der Waals surface area contributed by atoms with Crippen LogP contribution in [-0.4, -0.2) is 23.8 Å². The van der Waals surface area contributed by atoms with Crippen molar-refractivity contribution in [3.05, 3.63) is 23.8 Å². The zero-order valence-electron chi connectivity index (χ0n) is 7.01. The monoisotopic (exact) mass is 194 g/mol. The number of ketones is 1. The maximum absolute atomic E-state index is 11.3. The van der Waals surface area contributed by atoms with E-state index in [9.17, 15) is 4.79 Å². The molecule has 1 aliphatic carbocycles. The second-order valence-electron chi connectivity index (χ2n) is 3.01. The molecule has 2 unspecified atom stereocenters. The van der Waals surface area contributed by atoms with E-state index in [2.05, 4.69) is 4.40 Å². The molecule has 0 aromatic heterocycles. The van der Waals surface area contributed by atoms with Gasteiger partial charge in [0, 0.05) is 17.7 Å². The van der Waals surface area contributed by atoms with Crippen LogP contribution in [0.15, 0.2) is 28.2 Å². The Balaban J connectivity index is 2.19. The van der Waals surface area contributed by atoms with Crippen molar-refractivity contribution in [2.45, 2.75) is 5.25 Å². The maximum Gasteiger partial charge on any atom is 0.176 e. The van der Waals surface area contributed by atoms with E-state index in [0.29, 0.717) is 5.25 Å². The molecule has 68 valence electrons. The van der Waals surface area contributed by atoms with E-state index in [0.717, 1.165) is 5.57 Å². The summed E-state index contributed by atoms with van der Waals surface area (Å²) in [5.74, 6) is 0.278. The molecule has 13 heavy (non-hydrogen) atoms. The molecule has 0 radical (unpaired) electrons. The van der Waals surface area contributed by atoms with Gasteiger partial charge in [0.1, 0.15) is 0 Å². The SMILES string of the molecule is NCC(=O)C1=CC2C=NSC2C=C1. The molecule has 1 aliphatic heterocycles. The van der Waals surface area contributed by atoms with E-state index < -0.39 is 0 Å². The lowest BCUT2D eigenvalue weighted by Crippen LogP contribution is -2.20. The number of nitrogens with zero attached hydrogens (tertiary/aromatic N) is 1. The number of allylic oxidation sites excluding steroid dienone is 2. The highest BCUT2D eigenvalue weighted by atomic mass is 32.2. The first-order valence-corrected chi connectivity index (χ1v) is 4.97. The third-order valence-corrected chi connectivity index (χ3v) is 3.10. The number of fused-ring (bicyclic) bond motifs is 1. The Morgan fingerprint density at radius 1 is 1.69 bits per heavy atom. The van der Waals surface area contributed by atoms with Crippen molar-refractivity contribution in [3.63, 3.8) is 0 Å². The predicted octanol–water partition coefficient (Wildman–Crippen LogP) is 0.728. The highest BCUT2D eigenvalue weighted by Crippen LogP contribution is 2.32. The molecular weight excluding hydrogens is 184 g/mol. The maximum atomic E-state index is 11.3. The number of hydrogen-bond donors (Lipinski definition) is 1. The molecule has 1 heterocycles. The summed E-state index contributed by atoms with van der Waals surface area (Å²) in [6, 6.07) is 0. The number of rotatable bonds is 2. The topological polar surface area (TPSA) is 55.5 Å². The first kappa shape index (κ1) is 8.72. The van der Waals surface area contributed by atoms with Crippen LogP contribution >= 0.6 is 11.9 Å². The highest BCUT2D eigenvalue weighted by Gasteiger charge is 2.25. The van der Waals surface area contributed by atoms with Gasteiger partial charge in [0.2, 0.25) is 0 Å². The Hall–Kier alpha value is -0.870. The van der Waals surface area contributed by atoms with Crippen molar-refractivity contribution in [2.24, 2.45) is 16.0 Å². The van der Waals surface area contributed by atoms with Crippen LogP contribution in [-0.2, 0) is 4.79 Å². The van der Waals surface area contributed by atoms with Gasteiger partial charge >= 0.3 is 0 Å². The summed E-state index contributed by atoms with van der Waals surface area (Å²) in [5.41, 5.74) is 6.00. The Morgan fingerprint density at radius 2 is 2.54 bits per heavy atom. The minimum Gasteiger partial charge on any atom is -0.324 e. The molecule has 2 N–H and O–H groups in total. The normalized spacial score (nSPS) is 30.1. The molecule has 0 saturated carbocycles. The van der Waals surface area contributed by atoms with Crippen molar-refractivity contribution >= 4 is 23.9 Å². The van der Waals surface area contributed by atoms with Crippen LogP contribution in [0.3, 0.4) is 0 Å². The number of Topliss-reactive ketones (excluding diaryl/α,β-unsaturated/α-hetero) is 1. The summed E-state index contributed by atoms with van der Waals surface area (Å²) in [5, 5.41) is 0.384. The van der Waals surface area contributed by atoms with Gasteiger partial charge < -0.3 is 5.73 Å². The van der Waals surface area contributed by atoms with E-state index in [-0.39, 0.29) is 18.2 Å². The van der Waals surface area contributed by atoms with Crippen molar-refractivity contribution in [1.29, 1.82) is 0 Å². The smallest absolute Gasteiger partial charge is 0.176 e. The molecule has 0 aromatic rings. The Bertz CT molecular complexity index is 320. The average molecular weight is 194 g/mol. The first-order valence-electron chi connectivity index (χ1n) is 4.14. The van der Waals surface area contributed by atoms with Gasteiger partial charge in [0.15, 0.2) is 5.78 Å². The van der Waals surface area contributed by atoms with Crippen molar-refractivity contribution in [3.8, 4) is 0 Å². The number of hydrogen-bond acceptors (Lipinski definition) is 4. The fraction of sp³-hybridized carbons (Fsp3) is 0.333. The number of nitrogens with two attached hydrogens (primary N) is 1. The van der Waals surface area contributed by atoms with Gasteiger partial charge in [0.05, 0.1) is 11.8 Å². The Kier molecular flexibility index (Phi) is 2.33. The summed E-state index contributed by atoms with van der Waals surface area (Å²) in [4.78, 5) is 11.3. The molecule has 2 aliphatic rings. The summed E-state index contributed by atoms with van der Waals surface area (Å²) in [6.45, 7) is 0.0812. The fourth-order valence-electron chi connectivity index (χ4n) is 1.40. The molecule has 2 rings (SSSR count). The van der Waals surface area contributed by atoms with Gasteiger partial charge in [-0.05, 0) is 11.9 Å². The number of carbonyl (C=O) groups excluding carboxylic acids is 1. The fourth-order valence-corrected chi connectivity index (χ4v) is 2.19. The van der Waals surface area contributed by atoms with Gasteiger partial charge in [-0.15, -0.1) is 0 Å². The van der Waals surface area contributed by atoms with E-state index in [4.69, 9.17) is 5.73 Å². The molecule has 0 spiro atoms. The zero-order chi connectivity index (χ0) is 9.26. The second-order valence-corrected chi connectivity index (χ2v) is 3.98. The van der Waals surface area contributed by atoms with Crippen LogP contribution in [0, 0.1) is 5.92 Å². The molecular formula is C9H10N2OS. The van der Waals surface area contributed by atoms with Crippen molar-refractivity contribution in [2.75, 3.05) is 6.54 Å². The standard InChI is InChI=1S/C9H10N2OS/c10-4-8(12)6-1-2-9-7(3-6)5-11-13-9/h1-3,5,7,9H,4,10H2. The zero-order valence-corrected chi connectivity index (χ0v) is 7.83.